The summed E-state index contributed by atoms with van der Waals surface area (Å²) in [6.45, 7) is 11.3. The van der Waals surface area contributed by atoms with Gasteiger partial charge in [-0.15, -0.1) is 0 Å². The molecule has 2 amide bonds. The molecular formula is C58H91N3O19. The van der Waals surface area contributed by atoms with Gasteiger partial charge in [0.2, 0.25) is 11.8 Å². The minimum atomic E-state index is -2.40. The number of nitrogens with one attached hydrogen (secondary N) is 1. The van der Waals surface area contributed by atoms with Crippen molar-refractivity contribution in [2.45, 2.75) is 203 Å². The molecule has 4 rings (SSSR count). The monoisotopic (exact) mass is 1130 g/mol. The summed E-state index contributed by atoms with van der Waals surface area (Å²) in [7, 11) is 3.76. The largest absolute Gasteiger partial charge is 0.481 e. The van der Waals surface area contributed by atoms with E-state index in [9.17, 15) is 75.3 Å². The van der Waals surface area contributed by atoms with Gasteiger partial charge in [0, 0.05) is 50.6 Å². The van der Waals surface area contributed by atoms with E-state index in [4.69, 9.17) is 18.9 Å². The molecule has 4 heterocycles. The molecular weight excluding hydrogens is 1040 g/mol. The third-order valence-electron chi connectivity index (χ3n) is 14.9. The van der Waals surface area contributed by atoms with Crippen molar-refractivity contribution in [1.82, 2.24) is 15.1 Å². The number of fused-ring (bicyclic) bond motifs is 2. The Balaban J connectivity index is 1.60. The summed E-state index contributed by atoms with van der Waals surface area (Å²) < 4.78 is 23.8. The van der Waals surface area contributed by atoms with Crippen molar-refractivity contribution in [3.05, 3.63) is 85.1 Å². The Bertz CT molecular complexity index is 2200. The molecule has 0 spiro atoms. The second-order valence-electron chi connectivity index (χ2n) is 23.2. The first-order chi connectivity index (χ1) is 37.5. The maximum atomic E-state index is 13.7. The molecule has 22 heteroatoms. The zero-order chi connectivity index (χ0) is 59.6. The number of aliphatic hydroxyl groups excluding tert-OH is 9. The number of aliphatic hydroxyl groups is 10. The zero-order valence-electron chi connectivity index (χ0n) is 47.4. The molecule has 2 bridgehead atoms. The molecule has 3 fully saturated rings. The molecule has 0 aromatic rings. The van der Waals surface area contributed by atoms with Gasteiger partial charge in [-0.2, -0.15) is 0 Å². The first-order valence-electron chi connectivity index (χ1n) is 27.7. The molecule has 0 aliphatic carbocycles. The van der Waals surface area contributed by atoms with Crippen molar-refractivity contribution in [2.75, 3.05) is 27.2 Å². The number of imide groups is 1. The number of carbonyl (C=O) groups excluding carboxylic acids is 3. The number of aliphatic carboxylic acids is 1. The van der Waals surface area contributed by atoms with Crippen LogP contribution in [-0.2, 0) is 38.1 Å². The van der Waals surface area contributed by atoms with E-state index < -0.39 is 177 Å². The van der Waals surface area contributed by atoms with Crippen LogP contribution in [0.4, 0.5) is 0 Å². The van der Waals surface area contributed by atoms with Crippen LogP contribution >= 0.6 is 0 Å². The summed E-state index contributed by atoms with van der Waals surface area (Å²) in [5.74, 6) is -8.04. The Kier molecular flexibility index (Phi) is 27.2. The Morgan fingerprint density at radius 2 is 1.30 bits per heavy atom. The third kappa shape index (κ3) is 21.4. The van der Waals surface area contributed by atoms with Gasteiger partial charge in [0.05, 0.1) is 92.1 Å². The van der Waals surface area contributed by atoms with E-state index in [0.717, 1.165) is 0 Å². The van der Waals surface area contributed by atoms with Crippen molar-refractivity contribution in [3.63, 3.8) is 0 Å². The number of amides is 2. The molecule has 20 atom stereocenters. The number of allylic oxidation sites excluding steroid dienone is 12. The van der Waals surface area contributed by atoms with Crippen LogP contribution in [0.3, 0.4) is 0 Å². The van der Waals surface area contributed by atoms with Gasteiger partial charge in [0.1, 0.15) is 18.1 Å². The lowest BCUT2D eigenvalue weighted by Gasteiger charge is -2.45. The summed E-state index contributed by atoms with van der Waals surface area (Å²) in [6, 6.07) is -2.38. The first kappa shape index (κ1) is 68.2. The minimum absolute atomic E-state index is 0.133. The molecule has 80 heavy (non-hydrogen) atoms. The summed E-state index contributed by atoms with van der Waals surface area (Å²) in [5, 5.41) is 125. The fourth-order valence-electron chi connectivity index (χ4n) is 10.7. The van der Waals surface area contributed by atoms with Crippen LogP contribution in [0.1, 0.15) is 99.3 Å². The van der Waals surface area contributed by atoms with Gasteiger partial charge >= 0.3 is 11.9 Å². The zero-order valence-corrected chi connectivity index (χ0v) is 47.4. The van der Waals surface area contributed by atoms with E-state index in [0.29, 0.717) is 6.54 Å². The third-order valence-corrected chi connectivity index (χ3v) is 14.9. The highest BCUT2D eigenvalue weighted by molar-refractivity contribution is 6.05. The Morgan fingerprint density at radius 1 is 0.713 bits per heavy atom. The quantitative estimate of drug-likeness (QED) is 0.113. The number of hydrogen-bond donors (Lipinski definition) is 12. The van der Waals surface area contributed by atoms with Gasteiger partial charge in [-0.1, -0.05) is 113 Å². The number of carbonyl (C=O) groups is 4. The Hall–Kier alpha value is -4.34. The SMILES string of the molecule is C[C@@H]1[C@H](O)[C@@H](C)/C=C/C=C/C=C/C=C/C=C/C=C/C=C/[C@H](O[C@@H]2O[C@@H](C)[C@@H](O)[C@H](NC3CC(=O)N(CC(C)(C)CN(C)C)C3=O)[C@@H]2O)C[C@@H]2O[C@](O)(C[C@@H](O)C[C@@H](O)[C@H](O)CC[C@@H](O)C[C@@H](O)CC(=O)O[C@H]1C)C[C@H](O)[C@H]2C(=O)O. The van der Waals surface area contributed by atoms with Gasteiger partial charge < -0.3 is 80.0 Å². The first-order valence-corrected chi connectivity index (χ1v) is 27.7. The second kappa shape index (κ2) is 31.9. The van der Waals surface area contributed by atoms with Gasteiger partial charge in [-0.3, -0.25) is 29.4 Å². The van der Waals surface area contributed by atoms with E-state index >= 15 is 0 Å². The molecule has 0 radical (unpaired) electrons. The van der Waals surface area contributed by atoms with Crippen molar-refractivity contribution in [1.29, 1.82) is 0 Å². The number of nitrogens with zero attached hydrogens (tertiary/aromatic N) is 2. The molecule has 22 nitrogen and oxygen atoms in total. The second-order valence-corrected chi connectivity index (χ2v) is 23.2. The van der Waals surface area contributed by atoms with Crippen molar-refractivity contribution in [3.8, 4) is 0 Å². The lowest BCUT2D eigenvalue weighted by atomic mass is 9.82. The average Bonchev–Trinajstić information content (AvgIpc) is 3.62. The van der Waals surface area contributed by atoms with Crippen LogP contribution in [0.2, 0.25) is 0 Å². The van der Waals surface area contributed by atoms with Crippen LogP contribution in [0.15, 0.2) is 85.1 Å². The van der Waals surface area contributed by atoms with Crippen LogP contribution in [0, 0.1) is 23.2 Å². The molecule has 452 valence electrons. The lowest BCUT2D eigenvalue weighted by molar-refractivity contribution is -0.309. The average molecular weight is 1130 g/mol. The summed E-state index contributed by atoms with van der Waals surface area (Å²) >= 11 is 0. The number of ether oxygens (including phenoxy) is 4. The van der Waals surface area contributed by atoms with Crippen LogP contribution in [0.5, 0.6) is 0 Å². The predicted octanol–water partition coefficient (Wildman–Crippen LogP) is 1.06. The van der Waals surface area contributed by atoms with Crippen LogP contribution in [0.25, 0.3) is 0 Å². The number of carboxylic acids is 1. The number of hydrogen-bond acceptors (Lipinski definition) is 20. The lowest BCUT2D eigenvalue weighted by Crippen LogP contribution is -2.65. The summed E-state index contributed by atoms with van der Waals surface area (Å²) in [6.07, 6.45) is 1.44. The van der Waals surface area contributed by atoms with E-state index in [-0.39, 0.29) is 38.1 Å². The number of rotatable bonds is 9. The Morgan fingerprint density at radius 3 is 1.89 bits per heavy atom. The molecule has 0 aromatic heterocycles. The predicted molar refractivity (Wildman–Crippen MR) is 293 cm³/mol. The van der Waals surface area contributed by atoms with Crippen molar-refractivity contribution < 1.29 is 94.3 Å². The molecule has 12 N–H and O–H groups in total. The maximum Gasteiger partial charge on any atom is 0.311 e. The number of esters is 1. The fourth-order valence-corrected chi connectivity index (χ4v) is 10.7. The van der Waals surface area contributed by atoms with E-state index in [1.54, 1.807) is 86.8 Å². The molecule has 4 aliphatic heterocycles. The normalized spacial score (nSPS) is 41.5. The van der Waals surface area contributed by atoms with Gasteiger partial charge in [0.25, 0.3) is 0 Å². The number of carboxylic acid groups (broad SMARTS) is 1. The highest BCUT2D eigenvalue weighted by Gasteiger charge is 2.52. The fraction of sp³-hybridized carbons (Fsp3) is 0.690. The van der Waals surface area contributed by atoms with Gasteiger partial charge in [-0.05, 0) is 52.6 Å². The topological polar surface area (TPSA) is 346 Å². The summed E-state index contributed by atoms with van der Waals surface area (Å²) in [5.41, 5.74) is -0.456. The highest BCUT2D eigenvalue weighted by Crippen LogP contribution is 2.38. The number of likely N-dealkylation sites (tertiary alicyclic amines) is 1. The molecule has 0 aromatic carbocycles. The molecule has 0 saturated carbocycles. The van der Waals surface area contributed by atoms with Crippen LogP contribution in [-0.4, -0.2) is 220 Å². The van der Waals surface area contributed by atoms with E-state index in [2.05, 4.69) is 5.32 Å². The Labute approximate surface area is 470 Å². The maximum absolute atomic E-state index is 13.7. The number of cyclic esters (lactones) is 1. The molecule has 3 saturated heterocycles. The van der Waals surface area contributed by atoms with Gasteiger partial charge in [0.15, 0.2) is 12.1 Å². The van der Waals surface area contributed by atoms with Crippen molar-refractivity contribution >= 4 is 23.8 Å². The molecule has 1 unspecified atom stereocenters. The van der Waals surface area contributed by atoms with Crippen molar-refractivity contribution in [2.24, 2.45) is 23.2 Å². The van der Waals surface area contributed by atoms with Gasteiger partial charge in [-0.25, -0.2) is 0 Å². The minimum Gasteiger partial charge on any atom is -0.481 e. The smallest absolute Gasteiger partial charge is 0.311 e. The van der Waals surface area contributed by atoms with E-state index in [1.165, 1.54) is 17.9 Å². The standard InChI is InChI=1S/C58H91N3O19/c1-34-21-19-17-15-13-11-9-10-12-14-16-18-20-22-41(79-56-53(72)50(52(71)37(4)78-56)59-42-29-47(68)61(54(42)73)33-57(5,6)32-60(7)8)28-46-49(55(74)75)45(67)31-58(76,80-46)30-40(64)26-44(66)43(65)24-23-38(62)25-39(63)27-48(69)77-36(3)35(2)51(34)70/h9-22,34-46,49-53,56,59,62-67,70-72,76H,23-33H2,1-8H3,(H,74,75)/b10-9+,13-11+,14-12+,17-15+,18-16+,21-19+,22-20+/t34-,35-,36-,37-,38+,39+,40-,41-,42?,43+,44+,45-,46-,49+,50-,51+,52+,53-,56-,58+/m0/s1. The summed E-state index contributed by atoms with van der Waals surface area (Å²) in [4.78, 5) is 55.5. The highest BCUT2D eigenvalue weighted by atomic mass is 16.7. The van der Waals surface area contributed by atoms with E-state index in [1.807, 2.05) is 45.8 Å². The molecule has 4 aliphatic rings. The van der Waals surface area contributed by atoms with Crippen LogP contribution < -0.4 is 5.32 Å².